The van der Waals surface area contributed by atoms with Gasteiger partial charge >= 0.3 is 5.69 Å². The molecule has 0 aliphatic heterocycles. The van der Waals surface area contributed by atoms with Crippen molar-refractivity contribution in [2.45, 2.75) is 53.0 Å². The summed E-state index contributed by atoms with van der Waals surface area (Å²) >= 11 is 0. The molecular formula is C24H31N7O5. The molecule has 0 saturated carbocycles. The molecule has 2 aromatic heterocycles. The highest BCUT2D eigenvalue weighted by Gasteiger charge is 2.25. The first-order valence-electron chi connectivity index (χ1n) is 11.8. The molecule has 0 atom stereocenters. The second-order valence-electron chi connectivity index (χ2n) is 8.77. The maximum Gasteiger partial charge on any atom is 0.330 e. The number of nitrogen functional groups attached to an aromatic ring is 1. The first kappa shape index (κ1) is 26.4. The van der Waals surface area contributed by atoms with E-state index in [1.165, 1.54) is 15.9 Å². The van der Waals surface area contributed by atoms with Crippen LogP contribution in [0.1, 0.15) is 46.5 Å². The van der Waals surface area contributed by atoms with Gasteiger partial charge in [-0.2, -0.15) is 0 Å². The number of hydrogen-bond donors (Lipinski definition) is 3. The Balaban J connectivity index is 1.75. The molecule has 12 heteroatoms. The van der Waals surface area contributed by atoms with Crippen LogP contribution in [0.4, 0.5) is 17.2 Å². The average molecular weight is 498 g/mol. The lowest BCUT2D eigenvalue weighted by Crippen LogP contribution is -2.42. The number of carbonyl (C=O) groups is 2. The topological polar surface area (TPSA) is 169 Å². The predicted molar refractivity (Wildman–Crippen MR) is 135 cm³/mol. The molecule has 0 aliphatic carbocycles. The van der Waals surface area contributed by atoms with Crippen molar-refractivity contribution in [3.63, 3.8) is 0 Å². The van der Waals surface area contributed by atoms with Gasteiger partial charge < -0.3 is 20.4 Å². The minimum atomic E-state index is -0.735. The Morgan fingerprint density at radius 2 is 2.03 bits per heavy atom. The number of aromatic amines is 1. The van der Waals surface area contributed by atoms with Gasteiger partial charge in [0.05, 0.1) is 0 Å². The fourth-order valence-corrected chi connectivity index (χ4v) is 3.67. The van der Waals surface area contributed by atoms with E-state index in [1.54, 1.807) is 24.3 Å². The van der Waals surface area contributed by atoms with Gasteiger partial charge in [-0.25, -0.2) is 4.79 Å². The Morgan fingerprint density at radius 3 is 2.69 bits per heavy atom. The zero-order chi connectivity index (χ0) is 26.2. The van der Waals surface area contributed by atoms with E-state index >= 15 is 0 Å². The first-order valence-corrected chi connectivity index (χ1v) is 11.8. The number of amides is 2. The van der Waals surface area contributed by atoms with Crippen LogP contribution in [0.5, 0.6) is 0 Å². The number of benzene rings is 1. The molecule has 0 spiro atoms. The van der Waals surface area contributed by atoms with Crippen molar-refractivity contribution in [2.24, 2.45) is 5.92 Å². The summed E-state index contributed by atoms with van der Waals surface area (Å²) in [7, 11) is 0. The summed E-state index contributed by atoms with van der Waals surface area (Å²) in [6.45, 7) is 6.27. The number of unbranched alkanes of at least 4 members (excludes halogenated alkanes) is 1. The molecule has 12 nitrogen and oxygen atoms in total. The highest BCUT2D eigenvalue weighted by atomic mass is 16.4. The summed E-state index contributed by atoms with van der Waals surface area (Å²) < 4.78 is 6.44. The third-order valence-electron chi connectivity index (χ3n) is 5.39. The second-order valence-corrected chi connectivity index (χ2v) is 8.77. The first-order chi connectivity index (χ1) is 17.2. The monoisotopic (exact) mass is 497 g/mol. The Bertz CT molecular complexity index is 1310. The van der Waals surface area contributed by atoms with Gasteiger partial charge in [0, 0.05) is 37.2 Å². The number of anilines is 3. The van der Waals surface area contributed by atoms with Crippen molar-refractivity contribution in [1.82, 2.24) is 19.7 Å². The molecule has 0 aliphatic rings. The lowest BCUT2D eigenvalue weighted by atomic mass is 10.1. The number of nitrogens with two attached hydrogens (primary N) is 1. The quantitative estimate of drug-likeness (QED) is 0.362. The fraction of sp³-hybridized carbons (Fsp3) is 0.417. The molecule has 0 radical (unpaired) electrons. The van der Waals surface area contributed by atoms with Gasteiger partial charge in [0.1, 0.15) is 5.82 Å². The van der Waals surface area contributed by atoms with Gasteiger partial charge in [-0.05, 0) is 30.5 Å². The van der Waals surface area contributed by atoms with Crippen LogP contribution in [0, 0.1) is 5.92 Å². The van der Waals surface area contributed by atoms with Crippen molar-refractivity contribution in [3.8, 4) is 11.5 Å². The molecule has 2 heterocycles. The number of H-pyrrole nitrogens is 1. The molecule has 1 aromatic carbocycles. The van der Waals surface area contributed by atoms with Gasteiger partial charge in [-0.15, -0.1) is 10.2 Å². The maximum absolute atomic E-state index is 13.2. The Hall–Kier alpha value is -4.22. The molecule has 4 N–H and O–H groups in total. The second kappa shape index (κ2) is 12.0. The molecular weight excluding hydrogens is 466 g/mol. The lowest BCUT2D eigenvalue weighted by Gasteiger charge is -2.26. The molecule has 2 amide bonds. The van der Waals surface area contributed by atoms with Gasteiger partial charge in [0.15, 0.2) is 5.69 Å². The normalized spacial score (nSPS) is 11.0. The van der Waals surface area contributed by atoms with Crippen LogP contribution in [-0.2, 0) is 16.1 Å². The molecule has 3 aromatic rings. The van der Waals surface area contributed by atoms with E-state index in [0.29, 0.717) is 30.1 Å². The van der Waals surface area contributed by atoms with E-state index in [-0.39, 0.29) is 42.7 Å². The average Bonchev–Trinajstić information content (AvgIpc) is 3.37. The Kier molecular flexibility index (Phi) is 8.76. The van der Waals surface area contributed by atoms with E-state index in [2.05, 4.69) is 20.5 Å². The molecule has 0 fully saturated rings. The molecule has 0 unspecified atom stereocenters. The number of nitrogens with one attached hydrogen (secondary N) is 2. The fourth-order valence-electron chi connectivity index (χ4n) is 3.67. The van der Waals surface area contributed by atoms with Crippen molar-refractivity contribution in [3.05, 3.63) is 51.5 Å². The van der Waals surface area contributed by atoms with Crippen LogP contribution in [0.3, 0.4) is 0 Å². The van der Waals surface area contributed by atoms with Crippen LogP contribution in [0.2, 0.25) is 0 Å². The van der Waals surface area contributed by atoms with Crippen LogP contribution in [-0.4, -0.2) is 38.1 Å². The van der Waals surface area contributed by atoms with Gasteiger partial charge in [-0.3, -0.25) is 23.9 Å². The molecule has 192 valence electrons. The summed E-state index contributed by atoms with van der Waals surface area (Å²) in [5, 5.41) is 10.2. The summed E-state index contributed by atoms with van der Waals surface area (Å²) in [6, 6.07) is 6.87. The van der Waals surface area contributed by atoms with E-state index in [4.69, 9.17) is 10.2 Å². The minimum absolute atomic E-state index is 0.00466. The Morgan fingerprint density at radius 1 is 1.25 bits per heavy atom. The highest BCUT2D eigenvalue weighted by molar-refractivity contribution is 5.99. The maximum atomic E-state index is 13.2. The third kappa shape index (κ3) is 6.46. The van der Waals surface area contributed by atoms with Crippen molar-refractivity contribution >= 4 is 29.0 Å². The van der Waals surface area contributed by atoms with Crippen LogP contribution in [0.15, 0.2) is 44.7 Å². The highest BCUT2D eigenvalue weighted by Crippen LogP contribution is 2.22. The van der Waals surface area contributed by atoms with Crippen molar-refractivity contribution < 1.29 is 14.0 Å². The number of rotatable bonds is 11. The SMILES string of the molecule is CCCCn1c(N)c(N(CC(C)C)C(=O)CCC(=O)Nc2cccc(-c3nnco3)c2)c(=O)[nH]c1=O. The van der Waals surface area contributed by atoms with E-state index in [0.717, 1.165) is 6.42 Å². The van der Waals surface area contributed by atoms with E-state index < -0.39 is 17.2 Å². The summed E-state index contributed by atoms with van der Waals surface area (Å²) in [4.78, 5) is 54.3. The third-order valence-corrected chi connectivity index (χ3v) is 5.39. The van der Waals surface area contributed by atoms with Gasteiger partial charge in [0.25, 0.3) is 5.56 Å². The zero-order valence-corrected chi connectivity index (χ0v) is 20.6. The van der Waals surface area contributed by atoms with E-state index in [9.17, 15) is 19.2 Å². The largest absolute Gasteiger partial charge is 0.423 e. The van der Waals surface area contributed by atoms with Crippen LogP contribution in [0.25, 0.3) is 11.5 Å². The number of aromatic nitrogens is 4. The van der Waals surface area contributed by atoms with Gasteiger partial charge in [-0.1, -0.05) is 33.3 Å². The van der Waals surface area contributed by atoms with Gasteiger partial charge in [0.2, 0.25) is 24.1 Å². The number of nitrogens with zero attached hydrogens (tertiary/aromatic N) is 4. The minimum Gasteiger partial charge on any atom is -0.423 e. The van der Waals surface area contributed by atoms with Crippen LogP contribution < -0.4 is 27.2 Å². The smallest absolute Gasteiger partial charge is 0.330 e. The zero-order valence-electron chi connectivity index (χ0n) is 20.6. The molecule has 3 rings (SSSR count). The van der Waals surface area contributed by atoms with Crippen molar-refractivity contribution in [2.75, 3.05) is 22.5 Å². The summed E-state index contributed by atoms with van der Waals surface area (Å²) in [6.07, 6.45) is 2.44. The number of hydrogen-bond acceptors (Lipinski definition) is 8. The molecule has 0 bridgehead atoms. The van der Waals surface area contributed by atoms with Crippen LogP contribution >= 0.6 is 0 Å². The molecule has 36 heavy (non-hydrogen) atoms. The van der Waals surface area contributed by atoms with Crippen molar-refractivity contribution in [1.29, 1.82) is 0 Å². The molecule has 0 saturated heterocycles. The van der Waals surface area contributed by atoms with E-state index in [1.807, 2.05) is 20.8 Å². The predicted octanol–water partition coefficient (Wildman–Crippen LogP) is 2.38. The number of carbonyl (C=O) groups excluding carboxylic acids is 2. The summed E-state index contributed by atoms with van der Waals surface area (Å²) in [5.41, 5.74) is 5.92. The Labute approximate surface area is 207 Å². The standard InChI is InChI=1S/C24H31N7O5/c1-4-5-11-30-21(25)20(22(34)28-24(30)35)31(13-15(2)3)19(33)10-9-18(32)27-17-8-6-7-16(12-17)23-29-26-14-36-23/h6-8,12,14-15H,4-5,9-11,13,25H2,1-3H3,(H,27,32)(H,28,34,35). The lowest BCUT2D eigenvalue weighted by molar-refractivity contribution is -0.122. The summed E-state index contributed by atoms with van der Waals surface area (Å²) in [5.74, 6) is -0.575.